The van der Waals surface area contributed by atoms with E-state index in [1.807, 2.05) is 85.7 Å². The normalized spacial score (nSPS) is 11.9. The lowest BCUT2D eigenvalue weighted by atomic mass is 9.81. The maximum absolute atomic E-state index is 13.4. The van der Waals surface area contributed by atoms with Gasteiger partial charge in [-0.05, 0) is 266 Å². The standard InChI is InChI=1S/C14H22.C13H20O.C12H18O.2C12H18.2C11H15Cl.2C11H14F2.C10H13F/c1-13(2,3)11-7-9-12(10-8-11)14(4,5)6;1-10-6-7-12(11(2)8-10)14-9-13(3,4)5;1-9-5-6-10(8-13)11(7-9)12(2,3)4;1-9-6-7-11(10(2)8-9)12(3,4)5;1-9-7-6-8-10(2)11(9)12(3,4)5;1-8-5-6-9(7-10(8)12)11(2,3)4;1-8-6-5-7-9(10(8)12)11(2,3)4;1-7-5-8(12)10(9(13)6-7)11(2,3)4;1-7-5-6-8(11(2,3)4)10(13)9(7)12;1-10(2,3)8-6-4-5-7-9(8)11/h7-10H,1-6H3;6-8H,9H2,1-5H3;5-7,13H,8H2,1-4H3;2*6-8H,1-5H3;2*5-7H,1-4H3;2*5-6H,1-4H3;4-7H,1-3H3. The van der Waals surface area contributed by atoms with Gasteiger partial charge >= 0.3 is 0 Å². The zero-order valence-electron chi connectivity index (χ0n) is 86.7. The predicted molar refractivity (Wildman–Crippen MR) is 544 cm³/mol. The average molecular weight is 1770 g/mol. The average Bonchev–Trinajstić information content (AvgIpc) is 0.812. The summed E-state index contributed by atoms with van der Waals surface area (Å²) < 4.78 is 72.1. The molecule has 0 fully saturated rings. The van der Waals surface area contributed by atoms with Gasteiger partial charge in [0.2, 0.25) is 0 Å². The topological polar surface area (TPSA) is 29.5 Å². The third kappa shape index (κ3) is 40.9. The first-order valence-electron chi connectivity index (χ1n) is 44.7. The van der Waals surface area contributed by atoms with Crippen LogP contribution in [0.25, 0.3) is 0 Å². The quantitative estimate of drug-likeness (QED) is 0.179. The van der Waals surface area contributed by atoms with Gasteiger partial charge in [-0.15, -0.1) is 0 Å². The van der Waals surface area contributed by atoms with E-state index >= 15 is 0 Å². The molecular weight excluding hydrogens is 1600 g/mol. The van der Waals surface area contributed by atoms with Crippen LogP contribution in [-0.2, 0) is 60.8 Å². The van der Waals surface area contributed by atoms with Crippen LogP contribution in [-0.4, -0.2) is 11.7 Å². The highest BCUT2D eigenvalue weighted by Crippen LogP contribution is 2.36. The van der Waals surface area contributed by atoms with Crippen molar-refractivity contribution in [3.05, 3.63) is 344 Å². The lowest BCUT2D eigenvalue weighted by molar-refractivity contribution is 0.197. The van der Waals surface area contributed by atoms with Crippen LogP contribution in [0.3, 0.4) is 0 Å². The number of rotatable bonds is 3. The van der Waals surface area contributed by atoms with Crippen LogP contribution >= 0.6 is 23.2 Å². The van der Waals surface area contributed by atoms with E-state index in [1.54, 1.807) is 52.8 Å². The Labute approximate surface area is 776 Å². The van der Waals surface area contributed by atoms with Crippen molar-refractivity contribution in [2.45, 2.75) is 365 Å². The van der Waals surface area contributed by atoms with Gasteiger partial charge in [0.1, 0.15) is 23.2 Å². The van der Waals surface area contributed by atoms with Gasteiger partial charge in [0, 0.05) is 15.6 Å². The number of aliphatic hydroxyl groups excluding tert-OH is 1. The van der Waals surface area contributed by atoms with E-state index in [1.165, 1.54) is 96.1 Å². The molecule has 696 valence electrons. The minimum absolute atomic E-state index is 0.0919. The summed E-state index contributed by atoms with van der Waals surface area (Å²) in [4.78, 5) is 0. The minimum atomic E-state index is -0.729. The molecule has 0 aliphatic rings. The van der Waals surface area contributed by atoms with E-state index in [9.17, 15) is 27.1 Å². The second-order valence-corrected chi connectivity index (χ2v) is 46.4. The van der Waals surface area contributed by atoms with Crippen LogP contribution in [0.5, 0.6) is 5.75 Å². The van der Waals surface area contributed by atoms with E-state index in [2.05, 4.69) is 330 Å². The number of benzene rings is 10. The third-order valence-electron chi connectivity index (χ3n) is 21.0. The lowest BCUT2D eigenvalue weighted by Gasteiger charge is -2.23. The summed E-state index contributed by atoms with van der Waals surface area (Å²) >= 11 is 12.2. The van der Waals surface area contributed by atoms with Gasteiger partial charge in [0.05, 0.1) is 13.2 Å². The van der Waals surface area contributed by atoms with Crippen molar-refractivity contribution in [2.24, 2.45) is 5.41 Å². The molecular formula is C117H167Cl2F5O2. The second-order valence-electron chi connectivity index (χ2n) is 45.6. The van der Waals surface area contributed by atoms with Gasteiger partial charge < -0.3 is 9.84 Å². The molecule has 10 aromatic carbocycles. The molecule has 0 spiro atoms. The fraction of sp³-hybridized carbons (Fsp3) is 0.487. The second kappa shape index (κ2) is 48.2. The first-order valence-corrected chi connectivity index (χ1v) is 45.5. The van der Waals surface area contributed by atoms with Crippen molar-refractivity contribution in [1.82, 2.24) is 0 Å². The molecule has 10 aromatic rings. The molecule has 0 aliphatic heterocycles. The molecule has 0 amide bonds. The van der Waals surface area contributed by atoms with Crippen LogP contribution in [0.1, 0.15) is 351 Å². The summed E-state index contributed by atoms with van der Waals surface area (Å²) in [5, 5.41) is 10.9. The smallest absolute Gasteiger partial charge is 0.162 e. The summed E-state index contributed by atoms with van der Waals surface area (Å²) in [6.45, 7) is 93.3. The number of hydrogen-bond acceptors (Lipinski definition) is 2. The first-order chi connectivity index (χ1) is 56.9. The third-order valence-corrected chi connectivity index (χ3v) is 21.9. The van der Waals surface area contributed by atoms with Crippen LogP contribution in [0.15, 0.2) is 182 Å². The zero-order valence-corrected chi connectivity index (χ0v) is 88.2. The van der Waals surface area contributed by atoms with Crippen LogP contribution in [0.4, 0.5) is 22.0 Å². The number of ether oxygens (including phenoxy) is 1. The number of aryl methyl sites for hydroxylation is 11. The Kier molecular flexibility index (Phi) is 44.4. The van der Waals surface area contributed by atoms with E-state index in [0.717, 1.165) is 44.7 Å². The van der Waals surface area contributed by atoms with Gasteiger partial charge in [-0.25, -0.2) is 22.0 Å². The molecule has 10 rings (SSSR count). The van der Waals surface area contributed by atoms with Crippen molar-refractivity contribution >= 4 is 23.2 Å². The van der Waals surface area contributed by atoms with E-state index in [-0.39, 0.29) is 72.1 Å². The molecule has 0 aromatic heterocycles. The molecule has 1 N–H and O–H groups in total. The number of aliphatic hydroxyl groups is 1. The molecule has 2 nitrogen and oxygen atoms in total. The Morgan fingerprint density at radius 2 is 0.635 bits per heavy atom. The van der Waals surface area contributed by atoms with Crippen molar-refractivity contribution < 1.29 is 31.8 Å². The van der Waals surface area contributed by atoms with Gasteiger partial charge in [-0.1, -0.05) is 420 Å². The Hall–Kier alpha value is -7.81. The maximum atomic E-state index is 13.4. The van der Waals surface area contributed by atoms with E-state index in [4.69, 9.17) is 27.9 Å². The zero-order chi connectivity index (χ0) is 98.2. The summed E-state index contributed by atoms with van der Waals surface area (Å²) in [6.07, 6.45) is 0. The molecule has 0 saturated carbocycles. The Balaban J connectivity index is 0.000000700. The Bertz CT molecular complexity index is 4940. The Morgan fingerprint density at radius 1 is 0.262 bits per heavy atom. The fourth-order valence-electron chi connectivity index (χ4n) is 13.9. The van der Waals surface area contributed by atoms with Crippen molar-refractivity contribution in [1.29, 1.82) is 0 Å². The molecule has 0 unspecified atom stereocenters. The number of hydrogen-bond donors (Lipinski definition) is 1. The molecule has 0 radical (unpaired) electrons. The highest BCUT2D eigenvalue weighted by molar-refractivity contribution is 6.32. The van der Waals surface area contributed by atoms with Crippen LogP contribution < -0.4 is 4.74 Å². The molecule has 0 atom stereocenters. The van der Waals surface area contributed by atoms with Crippen LogP contribution in [0.2, 0.25) is 10.0 Å². The van der Waals surface area contributed by atoms with E-state index < -0.39 is 28.7 Å². The maximum Gasteiger partial charge on any atom is 0.162 e. The van der Waals surface area contributed by atoms with E-state index in [0.29, 0.717) is 16.7 Å². The van der Waals surface area contributed by atoms with Gasteiger partial charge in [0.25, 0.3) is 0 Å². The predicted octanol–water partition coefficient (Wildman–Crippen LogP) is 36.2. The lowest BCUT2D eigenvalue weighted by Crippen LogP contribution is -2.17. The van der Waals surface area contributed by atoms with Crippen LogP contribution in [0, 0.1) is 111 Å². The highest BCUT2D eigenvalue weighted by Gasteiger charge is 2.27. The van der Waals surface area contributed by atoms with Gasteiger partial charge in [0.15, 0.2) is 11.6 Å². The summed E-state index contributed by atoms with van der Waals surface area (Å²) in [6, 6.07) is 60.0. The molecule has 0 heterocycles. The fourth-order valence-corrected chi connectivity index (χ4v) is 14.5. The Morgan fingerprint density at radius 3 is 1.00 bits per heavy atom. The highest BCUT2D eigenvalue weighted by atomic mass is 35.5. The molecule has 0 aliphatic carbocycles. The molecule has 0 saturated heterocycles. The summed E-state index contributed by atoms with van der Waals surface area (Å²) in [5.74, 6) is -1.46. The number of halogens is 7. The SMILES string of the molecule is CC(C)(C)c1ccc(C(C)(C)C)cc1.CC(C)(C)c1ccccc1F.Cc1cc(F)c(C(C)(C)C)c(F)c1.Cc1ccc(C(C)(C)C)c(C)c1.Cc1ccc(C(C)(C)C)c(F)c1F.Cc1ccc(C(C)(C)C)cc1Cl.Cc1ccc(CO)c(C(C)(C)C)c1.Cc1ccc(OCC(C)(C)C)c(C)c1.Cc1cccc(C(C)(C)C)c1Cl.Cc1cccc(C)c1C(C)(C)C. The van der Waals surface area contributed by atoms with Gasteiger partial charge in [-0.3, -0.25) is 0 Å². The van der Waals surface area contributed by atoms with Crippen molar-refractivity contribution in [3.63, 3.8) is 0 Å². The largest absolute Gasteiger partial charge is 0.493 e. The minimum Gasteiger partial charge on any atom is -0.493 e. The van der Waals surface area contributed by atoms with Crippen molar-refractivity contribution in [2.75, 3.05) is 6.61 Å². The monoisotopic (exact) mass is 1770 g/mol. The van der Waals surface area contributed by atoms with Gasteiger partial charge in [-0.2, -0.15) is 0 Å². The molecule has 9 heteroatoms. The summed E-state index contributed by atoms with van der Waals surface area (Å²) in [7, 11) is 0. The summed E-state index contributed by atoms with van der Waals surface area (Å²) in [5.41, 5.74) is 25.3. The first kappa shape index (κ1) is 116. The van der Waals surface area contributed by atoms with Crippen molar-refractivity contribution in [3.8, 4) is 5.75 Å². The molecule has 126 heavy (non-hydrogen) atoms. The molecule has 0 bridgehead atoms.